The maximum absolute atomic E-state index is 12.0. The van der Waals surface area contributed by atoms with Crippen molar-refractivity contribution in [1.29, 1.82) is 0 Å². The van der Waals surface area contributed by atoms with E-state index in [1.807, 2.05) is 0 Å². The molecule has 1 saturated carbocycles. The normalized spacial score (nSPS) is 19.9. The molecule has 1 aliphatic carbocycles. The number of carbonyl (C=O) groups is 1. The SMILES string of the molecule is CN(C)CCCCCCO[C@H]1CC[C@H](NC(=O)Oc2ccc(Cl)cc2)CC1. The Morgan fingerprint density at radius 2 is 1.74 bits per heavy atom. The van der Waals surface area contributed by atoms with Crippen LogP contribution in [-0.4, -0.2) is 50.4 Å². The molecule has 1 aliphatic rings. The fraction of sp³-hybridized carbons (Fsp3) is 0.667. The fourth-order valence-electron chi connectivity index (χ4n) is 3.31. The summed E-state index contributed by atoms with van der Waals surface area (Å²) in [6.45, 7) is 2.02. The highest BCUT2D eigenvalue weighted by atomic mass is 35.5. The summed E-state index contributed by atoms with van der Waals surface area (Å²) in [6.07, 6.45) is 8.69. The van der Waals surface area contributed by atoms with Gasteiger partial charge in [-0.05, 0) is 83.4 Å². The molecule has 1 amide bonds. The molecule has 2 rings (SSSR count). The first kappa shape index (κ1) is 22.0. The van der Waals surface area contributed by atoms with Crippen molar-refractivity contribution in [2.24, 2.45) is 0 Å². The summed E-state index contributed by atoms with van der Waals surface area (Å²) in [4.78, 5) is 14.2. The lowest BCUT2D eigenvalue weighted by Crippen LogP contribution is -2.40. The third-order valence-electron chi connectivity index (χ3n) is 4.87. The maximum atomic E-state index is 12.0. The van der Waals surface area contributed by atoms with E-state index in [0.29, 0.717) is 16.9 Å². The van der Waals surface area contributed by atoms with E-state index in [-0.39, 0.29) is 6.04 Å². The van der Waals surface area contributed by atoms with Gasteiger partial charge in [0.25, 0.3) is 0 Å². The number of carbonyl (C=O) groups excluding carboxylic acids is 1. The van der Waals surface area contributed by atoms with Crippen molar-refractivity contribution in [3.05, 3.63) is 29.3 Å². The van der Waals surface area contributed by atoms with Crippen LogP contribution in [0.4, 0.5) is 4.79 Å². The molecular formula is C21H33ClN2O3. The summed E-state index contributed by atoms with van der Waals surface area (Å²) in [6, 6.07) is 6.94. The van der Waals surface area contributed by atoms with Gasteiger partial charge in [0.05, 0.1) is 6.10 Å². The number of hydrogen-bond donors (Lipinski definition) is 1. The van der Waals surface area contributed by atoms with Crippen LogP contribution in [0.25, 0.3) is 0 Å². The molecular weight excluding hydrogens is 364 g/mol. The van der Waals surface area contributed by atoms with Gasteiger partial charge in [0.15, 0.2) is 0 Å². The van der Waals surface area contributed by atoms with E-state index in [4.69, 9.17) is 21.1 Å². The number of rotatable bonds is 10. The van der Waals surface area contributed by atoms with Gasteiger partial charge in [-0.2, -0.15) is 0 Å². The van der Waals surface area contributed by atoms with Crippen molar-refractivity contribution in [3.63, 3.8) is 0 Å². The van der Waals surface area contributed by atoms with Crippen molar-refractivity contribution in [3.8, 4) is 5.75 Å². The fourth-order valence-corrected chi connectivity index (χ4v) is 3.44. The van der Waals surface area contributed by atoms with E-state index in [0.717, 1.165) is 38.7 Å². The summed E-state index contributed by atoms with van der Waals surface area (Å²) in [7, 11) is 4.23. The van der Waals surface area contributed by atoms with Crippen LogP contribution in [0, 0.1) is 0 Å². The molecule has 27 heavy (non-hydrogen) atoms. The van der Waals surface area contributed by atoms with Crippen molar-refractivity contribution in [2.75, 3.05) is 27.2 Å². The highest BCUT2D eigenvalue weighted by Gasteiger charge is 2.23. The van der Waals surface area contributed by atoms with Crippen LogP contribution in [0.1, 0.15) is 51.4 Å². The third kappa shape index (κ3) is 9.45. The third-order valence-corrected chi connectivity index (χ3v) is 5.13. The molecule has 0 bridgehead atoms. The Balaban J connectivity index is 1.52. The first-order chi connectivity index (χ1) is 13.0. The molecule has 0 radical (unpaired) electrons. The topological polar surface area (TPSA) is 50.8 Å². The number of hydrogen-bond acceptors (Lipinski definition) is 4. The van der Waals surface area contributed by atoms with Crippen LogP contribution in [0.2, 0.25) is 5.02 Å². The zero-order valence-corrected chi connectivity index (χ0v) is 17.3. The standard InChI is InChI=1S/C21H33ClN2O3/c1-24(2)15-5-3-4-6-16-26-19-13-9-18(10-14-19)23-21(25)27-20-11-7-17(22)8-12-20/h7-8,11-12,18-19H,3-6,9-10,13-16H2,1-2H3,(H,23,25)/t18-,19-. The molecule has 0 aromatic heterocycles. The monoisotopic (exact) mass is 396 g/mol. The van der Waals surface area contributed by atoms with Gasteiger partial charge in [-0.1, -0.05) is 24.4 Å². The van der Waals surface area contributed by atoms with Crippen LogP contribution in [0.5, 0.6) is 5.75 Å². The second-order valence-corrected chi connectivity index (χ2v) is 7.99. The summed E-state index contributed by atoms with van der Waals surface area (Å²) in [5.74, 6) is 0.500. The molecule has 0 spiro atoms. The van der Waals surface area contributed by atoms with Crippen molar-refractivity contribution in [2.45, 2.75) is 63.5 Å². The summed E-state index contributed by atoms with van der Waals surface area (Å²) in [5, 5.41) is 3.57. The summed E-state index contributed by atoms with van der Waals surface area (Å²) in [5.41, 5.74) is 0. The van der Waals surface area contributed by atoms with Gasteiger partial charge in [-0.25, -0.2) is 4.79 Å². The second kappa shape index (κ2) is 12.2. The van der Waals surface area contributed by atoms with Gasteiger partial charge in [0.2, 0.25) is 0 Å². The second-order valence-electron chi connectivity index (χ2n) is 7.55. The predicted octanol–water partition coefficient (Wildman–Crippen LogP) is 4.88. The minimum Gasteiger partial charge on any atom is -0.410 e. The van der Waals surface area contributed by atoms with Gasteiger partial charge >= 0.3 is 6.09 Å². The van der Waals surface area contributed by atoms with Gasteiger partial charge in [0.1, 0.15) is 5.75 Å². The molecule has 0 saturated heterocycles. The Hall–Kier alpha value is -1.30. The average Bonchev–Trinajstić information content (AvgIpc) is 2.64. The van der Waals surface area contributed by atoms with E-state index >= 15 is 0 Å². The number of benzene rings is 1. The van der Waals surface area contributed by atoms with E-state index < -0.39 is 6.09 Å². The minimum atomic E-state index is -0.403. The molecule has 1 N–H and O–H groups in total. The molecule has 0 atom stereocenters. The van der Waals surface area contributed by atoms with Crippen molar-refractivity contribution < 1.29 is 14.3 Å². The van der Waals surface area contributed by atoms with Crippen molar-refractivity contribution >= 4 is 17.7 Å². The largest absolute Gasteiger partial charge is 0.412 e. The number of nitrogens with one attached hydrogen (secondary N) is 1. The molecule has 0 aliphatic heterocycles. The molecule has 1 aromatic rings. The minimum absolute atomic E-state index is 0.163. The van der Waals surface area contributed by atoms with Crippen molar-refractivity contribution in [1.82, 2.24) is 10.2 Å². The molecule has 5 nitrogen and oxygen atoms in total. The number of halogens is 1. The van der Waals surface area contributed by atoms with Crippen LogP contribution < -0.4 is 10.1 Å². The smallest absolute Gasteiger partial charge is 0.410 e. The summed E-state index contributed by atoms with van der Waals surface area (Å²) >= 11 is 5.83. The number of ether oxygens (including phenoxy) is 2. The molecule has 1 fully saturated rings. The highest BCUT2D eigenvalue weighted by Crippen LogP contribution is 2.22. The zero-order chi connectivity index (χ0) is 19.5. The van der Waals surface area contributed by atoms with E-state index in [9.17, 15) is 4.79 Å². The average molecular weight is 397 g/mol. The lowest BCUT2D eigenvalue weighted by atomic mass is 9.93. The molecule has 1 aromatic carbocycles. The number of amides is 1. The zero-order valence-electron chi connectivity index (χ0n) is 16.6. The lowest BCUT2D eigenvalue weighted by molar-refractivity contribution is 0.0207. The Morgan fingerprint density at radius 3 is 2.41 bits per heavy atom. The quantitative estimate of drug-likeness (QED) is 0.573. The van der Waals surface area contributed by atoms with Crippen LogP contribution in [0.3, 0.4) is 0 Å². The van der Waals surface area contributed by atoms with E-state index in [1.165, 1.54) is 25.8 Å². The molecule has 6 heteroatoms. The van der Waals surface area contributed by atoms with Gasteiger partial charge in [-0.15, -0.1) is 0 Å². The van der Waals surface area contributed by atoms with Gasteiger partial charge in [0, 0.05) is 17.7 Å². The molecule has 152 valence electrons. The molecule has 0 heterocycles. The summed E-state index contributed by atoms with van der Waals surface area (Å²) < 4.78 is 11.3. The lowest BCUT2D eigenvalue weighted by Gasteiger charge is -2.28. The van der Waals surface area contributed by atoms with Crippen LogP contribution in [0.15, 0.2) is 24.3 Å². The number of unbranched alkanes of at least 4 members (excludes halogenated alkanes) is 3. The first-order valence-electron chi connectivity index (χ1n) is 10.0. The Morgan fingerprint density at radius 1 is 1.07 bits per heavy atom. The first-order valence-corrected chi connectivity index (χ1v) is 10.4. The number of nitrogens with zero attached hydrogens (tertiary/aromatic N) is 1. The van der Waals surface area contributed by atoms with Crippen LogP contribution >= 0.6 is 11.6 Å². The van der Waals surface area contributed by atoms with Gasteiger partial charge in [-0.3, -0.25) is 0 Å². The highest BCUT2D eigenvalue weighted by molar-refractivity contribution is 6.30. The Bertz CT molecular complexity index is 543. The van der Waals surface area contributed by atoms with Gasteiger partial charge < -0.3 is 19.7 Å². The van der Waals surface area contributed by atoms with Crippen LogP contribution in [-0.2, 0) is 4.74 Å². The Kier molecular flexibility index (Phi) is 9.95. The van der Waals surface area contributed by atoms with E-state index in [1.54, 1.807) is 24.3 Å². The Labute approximate surface area is 168 Å². The predicted molar refractivity (Wildman–Crippen MR) is 110 cm³/mol. The molecule has 0 unspecified atom stereocenters. The maximum Gasteiger partial charge on any atom is 0.412 e. The van der Waals surface area contributed by atoms with E-state index in [2.05, 4.69) is 24.3 Å².